The molecule has 0 radical (unpaired) electrons. The van der Waals surface area contributed by atoms with Crippen LogP contribution >= 0.6 is 0 Å². The first-order valence-corrected chi connectivity index (χ1v) is 13.2. The van der Waals surface area contributed by atoms with Crippen molar-refractivity contribution in [3.8, 4) is 0 Å². The lowest BCUT2D eigenvalue weighted by Gasteiger charge is -2.39. The molecule has 172 valence electrons. The Hall–Kier alpha value is -1.39. The third kappa shape index (κ3) is 5.64. The molecule has 3 heterocycles. The number of carbonyl (C=O) groups excluding carboxylic acids is 1. The van der Waals surface area contributed by atoms with E-state index in [9.17, 15) is 13.2 Å². The van der Waals surface area contributed by atoms with Gasteiger partial charge in [0.2, 0.25) is 15.9 Å². The molecule has 3 aliphatic rings. The highest BCUT2D eigenvalue weighted by Gasteiger charge is 2.32. The number of hydrogen-bond acceptors (Lipinski definition) is 5. The second-order valence-electron chi connectivity index (χ2n) is 8.60. The van der Waals surface area contributed by atoms with E-state index in [1.807, 2.05) is 18.7 Å². The third-order valence-electron chi connectivity index (χ3n) is 6.47. The van der Waals surface area contributed by atoms with E-state index < -0.39 is 10.0 Å². The van der Waals surface area contributed by atoms with Gasteiger partial charge >= 0.3 is 0 Å². The van der Waals surface area contributed by atoms with Gasteiger partial charge in [0.1, 0.15) is 0 Å². The van der Waals surface area contributed by atoms with Crippen molar-refractivity contribution >= 4 is 21.9 Å². The van der Waals surface area contributed by atoms with E-state index in [2.05, 4.69) is 15.1 Å². The highest BCUT2D eigenvalue weighted by Crippen LogP contribution is 2.20. The van der Waals surface area contributed by atoms with Gasteiger partial charge in [-0.25, -0.2) is 8.42 Å². The van der Waals surface area contributed by atoms with E-state index in [1.165, 1.54) is 6.26 Å². The summed E-state index contributed by atoms with van der Waals surface area (Å²) in [5.41, 5.74) is 0. The smallest absolute Gasteiger partial charge is 0.239 e. The SMILES string of the molecule is CCNC(=NC[C@H]1CCCN1S(C)(=O)=O)N1CCN(C(C)C(=O)N2CCCC2)CC1. The zero-order chi connectivity index (χ0) is 21.7. The van der Waals surface area contributed by atoms with E-state index >= 15 is 0 Å². The first-order chi connectivity index (χ1) is 14.3. The molecule has 0 bridgehead atoms. The summed E-state index contributed by atoms with van der Waals surface area (Å²) in [5.74, 6) is 1.10. The van der Waals surface area contributed by atoms with Gasteiger partial charge in [-0.05, 0) is 39.5 Å². The molecule has 3 saturated heterocycles. The van der Waals surface area contributed by atoms with E-state index in [0.29, 0.717) is 13.1 Å². The fraction of sp³-hybridized carbons (Fsp3) is 0.900. The van der Waals surface area contributed by atoms with Crippen LogP contribution in [0.4, 0.5) is 0 Å². The molecule has 0 aromatic heterocycles. The Kier molecular flexibility index (Phi) is 7.98. The Morgan fingerprint density at radius 1 is 1.03 bits per heavy atom. The van der Waals surface area contributed by atoms with Crippen molar-refractivity contribution in [2.45, 2.75) is 51.6 Å². The number of carbonyl (C=O) groups is 1. The van der Waals surface area contributed by atoms with Crippen molar-refractivity contribution in [1.82, 2.24) is 24.3 Å². The first kappa shape index (κ1) is 23.3. The van der Waals surface area contributed by atoms with Gasteiger partial charge in [0.25, 0.3) is 0 Å². The number of sulfonamides is 1. The summed E-state index contributed by atoms with van der Waals surface area (Å²) < 4.78 is 25.5. The lowest BCUT2D eigenvalue weighted by atomic mass is 10.2. The molecule has 1 amide bonds. The van der Waals surface area contributed by atoms with Crippen LogP contribution in [0.5, 0.6) is 0 Å². The largest absolute Gasteiger partial charge is 0.357 e. The molecule has 10 heteroatoms. The van der Waals surface area contributed by atoms with Gasteiger partial charge in [-0.2, -0.15) is 4.31 Å². The summed E-state index contributed by atoms with van der Waals surface area (Å²) >= 11 is 0. The van der Waals surface area contributed by atoms with Crippen LogP contribution in [0.2, 0.25) is 0 Å². The van der Waals surface area contributed by atoms with Gasteiger partial charge in [-0.1, -0.05) is 0 Å². The van der Waals surface area contributed by atoms with Crippen LogP contribution in [-0.4, -0.2) is 117 Å². The normalized spacial score (nSPS) is 25.7. The van der Waals surface area contributed by atoms with E-state index in [-0.39, 0.29) is 18.0 Å². The summed E-state index contributed by atoms with van der Waals surface area (Å²) in [5, 5.41) is 3.36. The number of guanidine groups is 1. The van der Waals surface area contributed by atoms with Gasteiger partial charge in [-0.3, -0.25) is 14.7 Å². The van der Waals surface area contributed by atoms with Crippen LogP contribution in [0, 0.1) is 0 Å². The molecule has 3 fully saturated rings. The minimum atomic E-state index is -3.18. The average Bonchev–Trinajstić information content (AvgIpc) is 3.42. The Balaban J connectivity index is 1.56. The molecule has 3 aliphatic heterocycles. The van der Waals surface area contributed by atoms with Crippen LogP contribution < -0.4 is 5.32 Å². The van der Waals surface area contributed by atoms with Crippen LogP contribution in [0.3, 0.4) is 0 Å². The quantitative estimate of drug-likeness (QED) is 0.460. The number of nitrogens with one attached hydrogen (secondary N) is 1. The number of nitrogens with zero attached hydrogens (tertiary/aromatic N) is 5. The molecule has 0 saturated carbocycles. The number of amides is 1. The van der Waals surface area contributed by atoms with Crippen molar-refractivity contribution in [2.75, 3.05) is 65.2 Å². The maximum Gasteiger partial charge on any atom is 0.239 e. The fourth-order valence-corrected chi connectivity index (χ4v) is 5.90. The number of hydrogen-bond donors (Lipinski definition) is 1. The fourth-order valence-electron chi connectivity index (χ4n) is 4.72. The highest BCUT2D eigenvalue weighted by molar-refractivity contribution is 7.88. The lowest BCUT2D eigenvalue weighted by molar-refractivity contribution is -0.135. The molecule has 0 aromatic rings. The zero-order valence-corrected chi connectivity index (χ0v) is 19.5. The second kappa shape index (κ2) is 10.3. The predicted octanol–water partition coefficient (Wildman–Crippen LogP) is 0.00440. The van der Waals surface area contributed by atoms with Gasteiger partial charge in [0.05, 0.1) is 18.8 Å². The van der Waals surface area contributed by atoms with Gasteiger partial charge in [0, 0.05) is 58.4 Å². The van der Waals surface area contributed by atoms with Crippen LogP contribution in [-0.2, 0) is 14.8 Å². The van der Waals surface area contributed by atoms with Crippen molar-refractivity contribution in [3.05, 3.63) is 0 Å². The molecule has 3 rings (SSSR count). The lowest BCUT2D eigenvalue weighted by Crippen LogP contribution is -2.57. The monoisotopic (exact) mass is 442 g/mol. The number of piperazine rings is 1. The van der Waals surface area contributed by atoms with E-state index in [0.717, 1.165) is 77.5 Å². The Bertz CT molecular complexity index is 714. The molecule has 0 aromatic carbocycles. The Morgan fingerprint density at radius 3 is 2.30 bits per heavy atom. The average molecular weight is 443 g/mol. The molecule has 30 heavy (non-hydrogen) atoms. The first-order valence-electron chi connectivity index (χ1n) is 11.3. The number of rotatable bonds is 6. The van der Waals surface area contributed by atoms with Gasteiger partial charge in [0.15, 0.2) is 5.96 Å². The number of likely N-dealkylation sites (tertiary alicyclic amines) is 1. The maximum atomic E-state index is 12.7. The second-order valence-corrected chi connectivity index (χ2v) is 10.5. The number of aliphatic imine (C=N–C) groups is 1. The molecule has 0 spiro atoms. The van der Waals surface area contributed by atoms with Crippen molar-refractivity contribution < 1.29 is 13.2 Å². The topological polar surface area (TPSA) is 88.6 Å². The minimum absolute atomic E-state index is 0.0481. The van der Waals surface area contributed by atoms with Crippen molar-refractivity contribution in [2.24, 2.45) is 4.99 Å². The van der Waals surface area contributed by atoms with Gasteiger partial charge in [-0.15, -0.1) is 0 Å². The summed E-state index contributed by atoms with van der Waals surface area (Å²) in [6.07, 6.45) is 5.27. The molecular formula is C20H38N6O3S. The Morgan fingerprint density at radius 2 is 1.70 bits per heavy atom. The van der Waals surface area contributed by atoms with Crippen LogP contribution in [0.15, 0.2) is 4.99 Å². The summed E-state index contributed by atoms with van der Waals surface area (Å²) in [6, 6.07) is -0.125. The molecule has 0 aliphatic carbocycles. The summed E-state index contributed by atoms with van der Waals surface area (Å²) in [6.45, 7) is 11.0. The third-order valence-corrected chi connectivity index (χ3v) is 7.81. The predicted molar refractivity (Wildman–Crippen MR) is 119 cm³/mol. The summed E-state index contributed by atoms with van der Waals surface area (Å²) in [7, 11) is -3.18. The molecule has 2 atom stereocenters. The van der Waals surface area contributed by atoms with Crippen molar-refractivity contribution in [3.63, 3.8) is 0 Å². The summed E-state index contributed by atoms with van der Waals surface area (Å²) in [4.78, 5) is 24.0. The minimum Gasteiger partial charge on any atom is -0.357 e. The van der Waals surface area contributed by atoms with Crippen molar-refractivity contribution in [1.29, 1.82) is 0 Å². The van der Waals surface area contributed by atoms with E-state index in [4.69, 9.17) is 4.99 Å². The molecule has 1 unspecified atom stereocenters. The van der Waals surface area contributed by atoms with Crippen LogP contribution in [0.25, 0.3) is 0 Å². The highest BCUT2D eigenvalue weighted by atomic mass is 32.2. The van der Waals surface area contributed by atoms with Gasteiger partial charge < -0.3 is 15.1 Å². The standard InChI is InChI=1S/C20H38N6O3S/c1-4-21-20(22-16-18-8-7-11-26(18)30(3,28)29)25-14-12-23(13-15-25)17(2)19(27)24-9-5-6-10-24/h17-18H,4-16H2,1-3H3,(H,21,22)/t17?,18-/m1/s1. The molecular weight excluding hydrogens is 404 g/mol. The zero-order valence-electron chi connectivity index (χ0n) is 18.7. The molecule has 1 N–H and O–H groups in total. The van der Waals surface area contributed by atoms with E-state index in [1.54, 1.807) is 4.31 Å². The Labute approximate surface area is 181 Å². The maximum absolute atomic E-state index is 12.7. The molecule has 9 nitrogen and oxygen atoms in total. The van der Waals surface area contributed by atoms with Crippen LogP contribution in [0.1, 0.15) is 39.5 Å².